The summed E-state index contributed by atoms with van der Waals surface area (Å²) in [5.41, 5.74) is 3.86. The molecule has 2 nitrogen and oxygen atoms in total. The van der Waals surface area contributed by atoms with Gasteiger partial charge in [-0.2, -0.15) is 0 Å². The highest BCUT2D eigenvalue weighted by molar-refractivity contribution is 6.22. The quantitative estimate of drug-likeness (QED) is 0.674. The number of benzene rings is 2. The van der Waals surface area contributed by atoms with E-state index < -0.39 is 5.41 Å². The van der Waals surface area contributed by atoms with Crippen molar-refractivity contribution < 1.29 is 9.47 Å². The van der Waals surface area contributed by atoms with E-state index in [9.17, 15) is 0 Å². The van der Waals surface area contributed by atoms with E-state index in [0.717, 1.165) is 33.8 Å². The van der Waals surface area contributed by atoms with Crippen molar-refractivity contribution in [2.24, 2.45) is 0 Å². The molecule has 0 aliphatic heterocycles. The van der Waals surface area contributed by atoms with Gasteiger partial charge in [0.05, 0.1) is 14.2 Å². The molecule has 0 aliphatic carbocycles. The fourth-order valence-corrected chi connectivity index (χ4v) is 3.77. The molecule has 23 heavy (non-hydrogen) atoms. The van der Waals surface area contributed by atoms with Gasteiger partial charge in [0.2, 0.25) is 0 Å². The summed E-state index contributed by atoms with van der Waals surface area (Å²) in [6.07, 6.45) is 0. The third-order valence-corrected chi connectivity index (χ3v) is 5.26. The molecular weight excluding hydrogens is 331 g/mol. The average molecular weight is 353 g/mol. The smallest absolute Gasteiger partial charge is 0.121 e. The number of hydrogen-bond donors (Lipinski definition) is 0. The first-order valence-electron chi connectivity index (χ1n) is 7.44. The van der Waals surface area contributed by atoms with Crippen molar-refractivity contribution >= 4 is 23.2 Å². The van der Waals surface area contributed by atoms with E-state index in [2.05, 4.69) is 12.1 Å². The SMILES string of the molecule is COc1ccc(C(CCl)(CCl)c2ccc(OC)c(C)c2)cc1C. The van der Waals surface area contributed by atoms with Gasteiger partial charge >= 0.3 is 0 Å². The average Bonchev–Trinajstić information content (AvgIpc) is 2.57. The van der Waals surface area contributed by atoms with Crippen molar-refractivity contribution in [2.45, 2.75) is 19.3 Å². The first-order valence-corrected chi connectivity index (χ1v) is 8.51. The minimum atomic E-state index is -0.447. The van der Waals surface area contributed by atoms with E-state index in [-0.39, 0.29) is 0 Å². The van der Waals surface area contributed by atoms with Crippen LogP contribution in [0.5, 0.6) is 11.5 Å². The van der Waals surface area contributed by atoms with Crippen LogP contribution < -0.4 is 9.47 Å². The lowest BCUT2D eigenvalue weighted by molar-refractivity contribution is 0.410. The molecule has 0 heterocycles. The molecule has 0 N–H and O–H groups in total. The van der Waals surface area contributed by atoms with Crippen LogP contribution in [0.2, 0.25) is 0 Å². The van der Waals surface area contributed by atoms with Crippen LogP contribution >= 0.6 is 23.2 Å². The Morgan fingerprint density at radius 1 is 0.783 bits per heavy atom. The van der Waals surface area contributed by atoms with Crippen molar-refractivity contribution in [3.8, 4) is 11.5 Å². The molecule has 0 bridgehead atoms. The highest BCUT2D eigenvalue weighted by atomic mass is 35.5. The molecule has 0 atom stereocenters. The van der Waals surface area contributed by atoms with Crippen molar-refractivity contribution in [1.82, 2.24) is 0 Å². The molecule has 124 valence electrons. The number of aryl methyl sites for hydroxylation is 2. The van der Waals surface area contributed by atoms with Crippen molar-refractivity contribution in [3.63, 3.8) is 0 Å². The van der Waals surface area contributed by atoms with Crippen molar-refractivity contribution in [3.05, 3.63) is 58.7 Å². The molecule has 4 heteroatoms. The Morgan fingerprint density at radius 2 is 1.17 bits per heavy atom. The van der Waals surface area contributed by atoms with E-state index in [1.165, 1.54) is 0 Å². The number of halogens is 2. The number of alkyl halides is 2. The van der Waals surface area contributed by atoms with Crippen LogP contribution in [0.1, 0.15) is 22.3 Å². The van der Waals surface area contributed by atoms with Crippen LogP contribution in [0.4, 0.5) is 0 Å². The van der Waals surface area contributed by atoms with Crippen LogP contribution in [-0.2, 0) is 5.41 Å². The van der Waals surface area contributed by atoms with E-state index in [1.54, 1.807) is 14.2 Å². The molecule has 2 aromatic rings. The first-order chi connectivity index (χ1) is 11.0. The molecular formula is C19H22Cl2O2. The fraction of sp³-hybridized carbons (Fsp3) is 0.368. The molecule has 2 aromatic carbocycles. The van der Waals surface area contributed by atoms with Gasteiger partial charge in [-0.25, -0.2) is 0 Å². The number of ether oxygens (including phenoxy) is 2. The number of hydrogen-bond acceptors (Lipinski definition) is 2. The van der Waals surface area contributed by atoms with Gasteiger partial charge in [0.25, 0.3) is 0 Å². The van der Waals surface area contributed by atoms with Gasteiger partial charge in [0, 0.05) is 17.2 Å². The summed E-state index contributed by atoms with van der Waals surface area (Å²) >= 11 is 12.8. The first kappa shape index (κ1) is 18.0. The Balaban J connectivity index is 2.59. The Morgan fingerprint density at radius 3 is 1.43 bits per heavy atom. The lowest BCUT2D eigenvalue weighted by atomic mass is 9.76. The van der Waals surface area contributed by atoms with Crippen LogP contribution in [0.25, 0.3) is 0 Å². The van der Waals surface area contributed by atoms with E-state index in [0.29, 0.717) is 11.8 Å². The molecule has 0 aromatic heterocycles. The zero-order valence-corrected chi connectivity index (χ0v) is 15.5. The minimum absolute atomic E-state index is 0.397. The summed E-state index contributed by atoms with van der Waals surface area (Å²) in [6.45, 7) is 4.05. The summed E-state index contributed by atoms with van der Waals surface area (Å²) in [7, 11) is 3.34. The summed E-state index contributed by atoms with van der Waals surface area (Å²) in [5, 5.41) is 0. The summed E-state index contributed by atoms with van der Waals surface area (Å²) in [5.74, 6) is 2.51. The standard InChI is InChI=1S/C19H22Cl2O2/c1-13-9-15(5-7-17(13)22-3)19(11-20,12-21)16-6-8-18(23-4)14(2)10-16/h5-10H,11-12H2,1-4H3. The summed E-state index contributed by atoms with van der Waals surface area (Å²) in [6, 6.07) is 12.2. The van der Waals surface area contributed by atoms with Gasteiger partial charge in [-0.1, -0.05) is 24.3 Å². The zero-order valence-electron chi connectivity index (χ0n) is 14.0. The Kier molecular flexibility index (Phi) is 5.83. The van der Waals surface area contributed by atoms with E-state index >= 15 is 0 Å². The summed E-state index contributed by atoms with van der Waals surface area (Å²) in [4.78, 5) is 0. The third-order valence-electron chi connectivity index (χ3n) is 4.35. The van der Waals surface area contributed by atoms with E-state index in [4.69, 9.17) is 32.7 Å². The number of rotatable bonds is 6. The number of methoxy groups -OCH3 is 2. The molecule has 0 radical (unpaired) electrons. The van der Waals surface area contributed by atoms with Gasteiger partial charge in [0.1, 0.15) is 11.5 Å². The molecule has 0 saturated heterocycles. The van der Waals surface area contributed by atoms with Crippen LogP contribution in [-0.4, -0.2) is 26.0 Å². The molecule has 0 amide bonds. The lowest BCUT2D eigenvalue weighted by Crippen LogP contribution is -2.32. The van der Waals surface area contributed by atoms with Gasteiger partial charge in [-0.05, 0) is 48.2 Å². The summed E-state index contributed by atoms with van der Waals surface area (Å²) < 4.78 is 10.7. The molecule has 0 fully saturated rings. The van der Waals surface area contributed by atoms with Crippen molar-refractivity contribution in [1.29, 1.82) is 0 Å². The maximum absolute atomic E-state index is 6.40. The maximum atomic E-state index is 6.40. The molecule has 0 unspecified atom stereocenters. The monoisotopic (exact) mass is 352 g/mol. The second-order valence-corrected chi connectivity index (χ2v) is 6.25. The lowest BCUT2D eigenvalue weighted by Gasteiger charge is -2.32. The van der Waals surface area contributed by atoms with Gasteiger partial charge in [-0.15, -0.1) is 23.2 Å². The second-order valence-electron chi connectivity index (χ2n) is 5.72. The normalized spacial score (nSPS) is 11.4. The Hall–Kier alpha value is -1.38. The van der Waals surface area contributed by atoms with Gasteiger partial charge in [-0.3, -0.25) is 0 Å². The Bertz CT molecular complexity index is 624. The van der Waals surface area contributed by atoms with Crippen molar-refractivity contribution in [2.75, 3.05) is 26.0 Å². The Labute approximate surface area is 148 Å². The fourth-order valence-electron chi connectivity index (χ4n) is 2.86. The topological polar surface area (TPSA) is 18.5 Å². The van der Waals surface area contributed by atoms with Gasteiger partial charge < -0.3 is 9.47 Å². The third kappa shape index (κ3) is 3.29. The zero-order chi connectivity index (χ0) is 17.0. The van der Waals surface area contributed by atoms with Crippen LogP contribution in [0.15, 0.2) is 36.4 Å². The second kappa shape index (κ2) is 7.46. The largest absolute Gasteiger partial charge is 0.496 e. The predicted octanol–water partition coefficient (Wildman–Crippen LogP) is 5.08. The predicted molar refractivity (Wildman–Crippen MR) is 97.7 cm³/mol. The molecule has 0 spiro atoms. The van der Waals surface area contributed by atoms with Gasteiger partial charge in [0.15, 0.2) is 0 Å². The highest BCUT2D eigenvalue weighted by Gasteiger charge is 2.33. The maximum Gasteiger partial charge on any atom is 0.121 e. The molecule has 2 rings (SSSR count). The highest BCUT2D eigenvalue weighted by Crippen LogP contribution is 2.38. The van der Waals surface area contributed by atoms with Crippen LogP contribution in [0, 0.1) is 13.8 Å². The molecule has 0 saturated carbocycles. The molecule has 0 aliphatic rings. The minimum Gasteiger partial charge on any atom is -0.496 e. The van der Waals surface area contributed by atoms with Crippen LogP contribution in [0.3, 0.4) is 0 Å². The van der Waals surface area contributed by atoms with E-state index in [1.807, 2.05) is 38.1 Å².